The normalized spacial score (nSPS) is 15.7. The summed E-state index contributed by atoms with van der Waals surface area (Å²) < 4.78 is 0. The van der Waals surface area contributed by atoms with Gasteiger partial charge in [-0.2, -0.15) is 0 Å². The molecule has 1 amide bonds. The summed E-state index contributed by atoms with van der Waals surface area (Å²) in [5.41, 5.74) is 1.33. The van der Waals surface area contributed by atoms with Crippen LogP contribution >= 0.6 is 24.0 Å². The molecule has 29 heavy (non-hydrogen) atoms. The van der Waals surface area contributed by atoms with Crippen LogP contribution in [0.3, 0.4) is 0 Å². The van der Waals surface area contributed by atoms with Crippen LogP contribution in [0, 0.1) is 0 Å². The van der Waals surface area contributed by atoms with Crippen molar-refractivity contribution in [2.24, 2.45) is 4.99 Å². The minimum Gasteiger partial charge on any atom is -0.356 e. The largest absolute Gasteiger partial charge is 0.356 e. The fraction of sp³-hybridized carbons (Fsp3) is 0.636. The van der Waals surface area contributed by atoms with Gasteiger partial charge in [0.2, 0.25) is 5.91 Å². The van der Waals surface area contributed by atoms with Crippen LogP contribution in [0.15, 0.2) is 35.3 Å². The van der Waals surface area contributed by atoms with Gasteiger partial charge >= 0.3 is 0 Å². The summed E-state index contributed by atoms with van der Waals surface area (Å²) in [6.07, 6.45) is 5.90. The minimum atomic E-state index is 0. The topological polar surface area (TPSA) is 60.0 Å². The van der Waals surface area contributed by atoms with Gasteiger partial charge in [-0.1, -0.05) is 43.2 Å². The van der Waals surface area contributed by atoms with Gasteiger partial charge < -0.3 is 15.5 Å². The first kappa shape index (κ1) is 25.7. The molecule has 1 atom stereocenters. The van der Waals surface area contributed by atoms with E-state index in [0.717, 1.165) is 25.5 Å². The highest BCUT2D eigenvalue weighted by Gasteiger charge is 2.17. The predicted molar refractivity (Wildman–Crippen MR) is 132 cm³/mol. The predicted octanol–water partition coefficient (Wildman–Crippen LogP) is 3.08. The van der Waals surface area contributed by atoms with Crippen molar-refractivity contribution in [1.82, 2.24) is 20.4 Å². The Bertz CT molecular complexity index is 617. The van der Waals surface area contributed by atoms with Crippen molar-refractivity contribution in [2.75, 3.05) is 34.2 Å². The van der Waals surface area contributed by atoms with E-state index < -0.39 is 0 Å². The molecule has 6 nitrogen and oxygen atoms in total. The Kier molecular flexibility index (Phi) is 12.2. The number of halogens is 1. The summed E-state index contributed by atoms with van der Waals surface area (Å²) in [5.74, 6) is 0.781. The monoisotopic (exact) mass is 515 g/mol. The summed E-state index contributed by atoms with van der Waals surface area (Å²) in [5, 5.41) is 6.94. The highest BCUT2D eigenvalue weighted by Crippen LogP contribution is 2.17. The van der Waals surface area contributed by atoms with E-state index in [1.165, 1.54) is 31.2 Å². The third-order valence-corrected chi connectivity index (χ3v) is 5.45. The molecule has 7 heteroatoms. The average Bonchev–Trinajstić information content (AvgIpc) is 3.19. The zero-order valence-corrected chi connectivity index (χ0v) is 20.7. The van der Waals surface area contributed by atoms with Crippen molar-refractivity contribution in [3.05, 3.63) is 35.9 Å². The van der Waals surface area contributed by atoms with Crippen LogP contribution in [-0.2, 0) is 11.3 Å². The number of likely N-dealkylation sites (N-methyl/N-ethyl adjacent to an activating group) is 1. The highest BCUT2D eigenvalue weighted by molar-refractivity contribution is 14.0. The van der Waals surface area contributed by atoms with Crippen LogP contribution in [0.2, 0.25) is 0 Å². The maximum atomic E-state index is 11.9. The summed E-state index contributed by atoms with van der Waals surface area (Å²) in [6.45, 7) is 4.20. The third kappa shape index (κ3) is 9.80. The van der Waals surface area contributed by atoms with Crippen LogP contribution in [0.25, 0.3) is 0 Å². The first-order chi connectivity index (χ1) is 13.5. The molecule has 1 unspecified atom stereocenters. The number of amides is 1. The fourth-order valence-electron chi connectivity index (χ4n) is 3.35. The van der Waals surface area contributed by atoms with E-state index >= 15 is 0 Å². The van der Waals surface area contributed by atoms with E-state index in [4.69, 9.17) is 0 Å². The van der Waals surface area contributed by atoms with Crippen molar-refractivity contribution in [2.45, 2.75) is 57.7 Å². The zero-order valence-electron chi connectivity index (χ0n) is 18.4. The summed E-state index contributed by atoms with van der Waals surface area (Å²) in [6, 6.07) is 11.5. The van der Waals surface area contributed by atoms with Gasteiger partial charge in [0.25, 0.3) is 0 Å². The molecule has 2 N–H and O–H groups in total. The molecule has 164 valence electrons. The Morgan fingerprint density at radius 3 is 2.45 bits per heavy atom. The second kappa shape index (κ2) is 13.8. The molecule has 0 radical (unpaired) electrons. The van der Waals surface area contributed by atoms with Gasteiger partial charge in [-0.25, -0.2) is 4.99 Å². The van der Waals surface area contributed by atoms with Crippen LogP contribution in [0.5, 0.6) is 0 Å². The Morgan fingerprint density at radius 1 is 1.17 bits per heavy atom. The molecule has 0 heterocycles. The molecule has 1 aliphatic rings. The van der Waals surface area contributed by atoms with E-state index in [2.05, 4.69) is 64.8 Å². The first-order valence-electron chi connectivity index (χ1n) is 10.4. The van der Waals surface area contributed by atoms with E-state index in [1.54, 1.807) is 19.0 Å². The molecule has 1 aliphatic carbocycles. The van der Waals surface area contributed by atoms with Crippen LogP contribution in [0.1, 0.15) is 44.6 Å². The number of hydrogen-bond acceptors (Lipinski definition) is 3. The maximum absolute atomic E-state index is 11.9. The molecule has 0 aromatic heterocycles. The molecular formula is C22H38IN5O. The fourth-order valence-corrected chi connectivity index (χ4v) is 3.35. The SMILES string of the molecule is CC(CCNC(=NCC(=O)N(C)C)NC1CCCC1)N(C)Cc1ccccc1.I. The molecule has 1 aromatic rings. The zero-order chi connectivity index (χ0) is 20.4. The summed E-state index contributed by atoms with van der Waals surface area (Å²) in [4.78, 5) is 20.3. The van der Waals surface area contributed by atoms with Crippen LogP contribution in [0.4, 0.5) is 0 Å². The number of hydrogen-bond donors (Lipinski definition) is 2. The lowest BCUT2D eigenvalue weighted by Crippen LogP contribution is -2.44. The van der Waals surface area contributed by atoms with Crippen molar-refractivity contribution in [3.8, 4) is 0 Å². The number of benzene rings is 1. The number of nitrogens with zero attached hydrogens (tertiary/aromatic N) is 3. The first-order valence-corrected chi connectivity index (χ1v) is 10.4. The molecule has 0 saturated heterocycles. The minimum absolute atomic E-state index is 0. The smallest absolute Gasteiger partial charge is 0.243 e. The van der Waals surface area contributed by atoms with Gasteiger partial charge in [0.1, 0.15) is 6.54 Å². The van der Waals surface area contributed by atoms with Crippen molar-refractivity contribution in [3.63, 3.8) is 0 Å². The van der Waals surface area contributed by atoms with Crippen LogP contribution < -0.4 is 10.6 Å². The molecule has 0 spiro atoms. The quantitative estimate of drug-likeness (QED) is 0.302. The van der Waals surface area contributed by atoms with Crippen molar-refractivity contribution in [1.29, 1.82) is 0 Å². The lowest BCUT2D eigenvalue weighted by atomic mass is 10.1. The van der Waals surface area contributed by atoms with Gasteiger partial charge in [0.15, 0.2) is 5.96 Å². The molecule has 1 aromatic carbocycles. The van der Waals surface area contributed by atoms with Crippen molar-refractivity contribution < 1.29 is 4.79 Å². The van der Waals surface area contributed by atoms with Gasteiger partial charge in [-0.05, 0) is 38.8 Å². The second-order valence-corrected chi connectivity index (χ2v) is 8.04. The van der Waals surface area contributed by atoms with Gasteiger partial charge in [0.05, 0.1) is 0 Å². The summed E-state index contributed by atoms with van der Waals surface area (Å²) >= 11 is 0. The number of carbonyl (C=O) groups is 1. The number of nitrogens with one attached hydrogen (secondary N) is 2. The number of guanidine groups is 1. The molecule has 1 saturated carbocycles. The second-order valence-electron chi connectivity index (χ2n) is 8.04. The molecule has 0 bridgehead atoms. The Hall–Kier alpha value is -1.35. The Labute approximate surface area is 193 Å². The van der Waals surface area contributed by atoms with Gasteiger partial charge in [-0.3, -0.25) is 9.69 Å². The lowest BCUT2D eigenvalue weighted by molar-refractivity contribution is -0.127. The highest BCUT2D eigenvalue weighted by atomic mass is 127. The number of rotatable bonds is 9. The lowest BCUT2D eigenvalue weighted by Gasteiger charge is -2.25. The number of aliphatic imine (C=N–C) groups is 1. The van der Waals surface area contributed by atoms with Gasteiger partial charge in [-0.15, -0.1) is 24.0 Å². The Balaban J connectivity index is 0.00000420. The van der Waals surface area contributed by atoms with Gasteiger partial charge in [0, 0.05) is 39.3 Å². The average molecular weight is 515 g/mol. The van der Waals surface area contributed by atoms with Crippen LogP contribution in [-0.4, -0.2) is 68.0 Å². The molecular weight excluding hydrogens is 477 g/mol. The third-order valence-electron chi connectivity index (χ3n) is 5.45. The van der Waals surface area contributed by atoms with E-state index in [9.17, 15) is 4.79 Å². The Morgan fingerprint density at radius 2 is 1.83 bits per heavy atom. The number of carbonyl (C=O) groups excluding carboxylic acids is 1. The maximum Gasteiger partial charge on any atom is 0.243 e. The molecule has 0 aliphatic heterocycles. The van der Waals surface area contributed by atoms with Crippen molar-refractivity contribution >= 4 is 35.8 Å². The molecule has 1 fully saturated rings. The van der Waals surface area contributed by atoms with E-state index in [0.29, 0.717) is 12.1 Å². The van der Waals surface area contributed by atoms with E-state index in [-0.39, 0.29) is 36.4 Å². The summed E-state index contributed by atoms with van der Waals surface area (Å²) in [7, 11) is 5.69. The molecule has 2 rings (SSSR count). The van der Waals surface area contributed by atoms with E-state index in [1.807, 2.05) is 0 Å². The standard InChI is InChI=1S/C22H37N5O.HI/c1-18(27(4)17-19-10-6-5-7-11-19)14-15-23-22(24-16-21(28)26(2)3)25-20-12-8-9-13-20;/h5-7,10-11,18,20H,8-9,12-17H2,1-4H3,(H2,23,24,25);1H.